The van der Waals surface area contributed by atoms with Gasteiger partial charge in [-0.25, -0.2) is 4.79 Å². The first-order chi connectivity index (χ1) is 8.01. The summed E-state index contributed by atoms with van der Waals surface area (Å²) >= 11 is 15.3. The van der Waals surface area contributed by atoms with Crippen molar-refractivity contribution in [2.24, 2.45) is 0 Å². The first kappa shape index (κ1) is 14.6. The Labute approximate surface area is 119 Å². The van der Waals surface area contributed by atoms with E-state index in [2.05, 4.69) is 21.2 Å². The summed E-state index contributed by atoms with van der Waals surface area (Å²) in [6.07, 6.45) is 0. The monoisotopic (exact) mass is 338 g/mol. The summed E-state index contributed by atoms with van der Waals surface area (Å²) in [5, 5.41) is 3.46. The largest absolute Gasteiger partial charge is 0.325 e. The van der Waals surface area contributed by atoms with E-state index in [4.69, 9.17) is 23.2 Å². The van der Waals surface area contributed by atoms with Crippen LogP contribution in [0.15, 0.2) is 16.6 Å². The van der Waals surface area contributed by atoms with Crippen molar-refractivity contribution in [3.8, 4) is 0 Å². The van der Waals surface area contributed by atoms with Gasteiger partial charge in [-0.1, -0.05) is 23.2 Å². The molecule has 0 fully saturated rings. The Morgan fingerprint density at radius 1 is 1.29 bits per heavy atom. The van der Waals surface area contributed by atoms with Gasteiger partial charge in [0.25, 0.3) is 0 Å². The highest BCUT2D eigenvalue weighted by atomic mass is 79.9. The molecule has 0 aliphatic heterocycles. The van der Waals surface area contributed by atoms with Crippen molar-refractivity contribution in [1.82, 2.24) is 4.90 Å². The molecule has 3 nitrogen and oxygen atoms in total. The molecule has 6 heteroatoms. The standard InChI is InChI=1S/C11H13BrCl2N2O/c1-3-16(4-2)11(17)15-8-6-5-7(12)9(13)10(8)14/h5-6H,3-4H2,1-2H3,(H,15,17). The molecule has 0 heterocycles. The van der Waals surface area contributed by atoms with Gasteiger partial charge in [0.1, 0.15) is 0 Å². The predicted octanol–water partition coefficient (Wildman–Crippen LogP) is 4.63. The number of anilines is 1. The number of urea groups is 1. The maximum atomic E-state index is 11.8. The molecule has 0 aliphatic rings. The maximum Gasteiger partial charge on any atom is 0.321 e. The van der Waals surface area contributed by atoms with Crippen molar-refractivity contribution in [3.05, 3.63) is 26.7 Å². The molecule has 1 N–H and O–H groups in total. The number of hydrogen-bond acceptors (Lipinski definition) is 1. The average molecular weight is 340 g/mol. The Kier molecular flexibility index (Phi) is 5.56. The third kappa shape index (κ3) is 3.50. The lowest BCUT2D eigenvalue weighted by atomic mass is 10.3. The fourth-order valence-corrected chi connectivity index (χ4v) is 2.15. The van der Waals surface area contributed by atoms with Gasteiger partial charge >= 0.3 is 6.03 Å². The first-order valence-corrected chi connectivity index (χ1v) is 6.75. The minimum absolute atomic E-state index is 0.185. The van der Waals surface area contributed by atoms with Crippen LogP contribution in [-0.2, 0) is 0 Å². The quantitative estimate of drug-likeness (QED) is 0.800. The van der Waals surface area contributed by atoms with Crippen LogP contribution in [0.5, 0.6) is 0 Å². The smallest absolute Gasteiger partial charge is 0.321 e. The van der Waals surface area contributed by atoms with E-state index < -0.39 is 0 Å². The molecule has 0 aliphatic carbocycles. The molecule has 1 aromatic rings. The van der Waals surface area contributed by atoms with Gasteiger partial charge in [-0.05, 0) is 41.9 Å². The minimum atomic E-state index is -0.185. The number of benzene rings is 1. The third-order valence-corrected chi connectivity index (χ3v) is 4.10. The number of nitrogens with zero attached hydrogens (tertiary/aromatic N) is 1. The second-order valence-corrected chi connectivity index (χ2v) is 4.94. The second-order valence-electron chi connectivity index (χ2n) is 3.33. The first-order valence-electron chi connectivity index (χ1n) is 5.20. The molecule has 1 rings (SSSR count). The highest BCUT2D eigenvalue weighted by Crippen LogP contribution is 2.35. The Bertz CT molecular complexity index is 422. The van der Waals surface area contributed by atoms with Crippen molar-refractivity contribution in [2.45, 2.75) is 13.8 Å². The van der Waals surface area contributed by atoms with Gasteiger partial charge in [-0.2, -0.15) is 0 Å². The number of halogens is 3. The zero-order valence-corrected chi connectivity index (χ0v) is 12.7. The molecule has 0 aromatic heterocycles. The lowest BCUT2D eigenvalue weighted by molar-refractivity contribution is 0.217. The van der Waals surface area contributed by atoms with Crippen molar-refractivity contribution >= 4 is 50.9 Å². The number of carbonyl (C=O) groups excluding carboxylic acids is 1. The van der Waals surface area contributed by atoms with Gasteiger partial charge in [0.05, 0.1) is 15.7 Å². The zero-order chi connectivity index (χ0) is 13.0. The zero-order valence-electron chi connectivity index (χ0n) is 9.56. The molecule has 17 heavy (non-hydrogen) atoms. The van der Waals surface area contributed by atoms with Gasteiger partial charge in [-0.15, -0.1) is 0 Å². The van der Waals surface area contributed by atoms with E-state index in [1.807, 2.05) is 13.8 Å². The van der Waals surface area contributed by atoms with Crippen LogP contribution < -0.4 is 5.32 Å². The molecular formula is C11H13BrCl2N2O. The van der Waals surface area contributed by atoms with Gasteiger partial charge in [-0.3, -0.25) is 0 Å². The molecular weight excluding hydrogens is 327 g/mol. The lowest BCUT2D eigenvalue weighted by Crippen LogP contribution is -2.34. The number of carbonyl (C=O) groups is 1. The molecule has 0 atom stereocenters. The highest BCUT2D eigenvalue weighted by Gasteiger charge is 2.13. The predicted molar refractivity (Wildman–Crippen MR) is 76.1 cm³/mol. The van der Waals surface area contributed by atoms with E-state index in [-0.39, 0.29) is 6.03 Å². The number of rotatable bonds is 3. The van der Waals surface area contributed by atoms with Crippen molar-refractivity contribution in [3.63, 3.8) is 0 Å². The van der Waals surface area contributed by atoms with E-state index in [9.17, 15) is 4.79 Å². The van der Waals surface area contributed by atoms with Crippen molar-refractivity contribution < 1.29 is 4.79 Å². The van der Waals surface area contributed by atoms with E-state index >= 15 is 0 Å². The van der Waals surface area contributed by atoms with E-state index in [1.165, 1.54) is 0 Å². The molecule has 0 spiro atoms. The summed E-state index contributed by atoms with van der Waals surface area (Å²) in [6.45, 7) is 5.12. The molecule has 2 amide bonds. The SMILES string of the molecule is CCN(CC)C(=O)Nc1ccc(Br)c(Cl)c1Cl. The number of nitrogens with one attached hydrogen (secondary N) is 1. The molecule has 0 unspecified atom stereocenters. The molecule has 0 bridgehead atoms. The summed E-state index contributed by atoms with van der Waals surface area (Å²) in [4.78, 5) is 13.5. The summed E-state index contributed by atoms with van der Waals surface area (Å²) in [7, 11) is 0. The Hall–Kier alpha value is -0.450. The number of hydrogen-bond donors (Lipinski definition) is 1. The van der Waals surface area contributed by atoms with Crippen LogP contribution in [0, 0.1) is 0 Å². The summed E-state index contributed by atoms with van der Waals surface area (Å²) in [5.41, 5.74) is 0.511. The average Bonchev–Trinajstić information content (AvgIpc) is 2.31. The fraction of sp³-hybridized carbons (Fsp3) is 0.364. The van der Waals surface area contributed by atoms with E-state index in [0.29, 0.717) is 33.3 Å². The van der Waals surface area contributed by atoms with Crippen molar-refractivity contribution in [2.75, 3.05) is 18.4 Å². The van der Waals surface area contributed by atoms with Gasteiger partial charge in [0.15, 0.2) is 0 Å². The molecule has 0 saturated heterocycles. The normalized spacial score (nSPS) is 10.2. The lowest BCUT2D eigenvalue weighted by Gasteiger charge is -2.20. The van der Waals surface area contributed by atoms with Crippen molar-refractivity contribution in [1.29, 1.82) is 0 Å². The van der Waals surface area contributed by atoms with E-state index in [1.54, 1.807) is 17.0 Å². The minimum Gasteiger partial charge on any atom is -0.325 e. The number of amides is 2. The fourth-order valence-electron chi connectivity index (χ4n) is 1.33. The summed E-state index contributed by atoms with van der Waals surface area (Å²) in [6, 6.07) is 3.27. The van der Waals surface area contributed by atoms with Crippen LogP contribution in [0.4, 0.5) is 10.5 Å². The summed E-state index contributed by atoms with van der Waals surface area (Å²) < 4.78 is 0.699. The Morgan fingerprint density at radius 3 is 2.41 bits per heavy atom. The third-order valence-electron chi connectivity index (χ3n) is 2.33. The second kappa shape index (κ2) is 6.47. The topological polar surface area (TPSA) is 32.3 Å². The summed E-state index contributed by atoms with van der Waals surface area (Å²) in [5.74, 6) is 0. The van der Waals surface area contributed by atoms with Crippen LogP contribution in [-0.4, -0.2) is 24.0 Å². The van der Waals surface area contributed by atoms with Crippen LogP contribution in [0.25, 0.3) is 0 Å². The molecule has 94 valence electrons. The van der Waals surface area contributed by atoms with Gasteiger partial charge in [0, 0.05) is 17.6 Å². The van der Waals surface area contributed by atoms with Crippen LogP contribution in [0.1, 0.15) is 13.8 Å². The van der Waals surface area contributed by atoms with E-state index in [0.717, 1.165) is 0 Å². The van der Waals surface area contributed by atoms with Crippen LogP contribution >= 0.6 is 39.1 Å². The van der Waals surface area contributed by atoms with Gasteiger partial charge in [0.2, 0.25) is 0 Å². The molecule has 1 aromatic carbocycles. The maximum absolute atomic E-state index is 11.8. The van der Waals surface area contributed by atoms with Gasteiger partial charge < -0.3 is 10.2 Å². The highest BCUT2D eigenvalue weighted by molar-refractivity contribution is 9.10. The molecule has 0 radical (unpaired) electrons. The van der Waals surface area contributed by atoms with Crippen LogP contribution in [0.3, 0.4) is 0 Å². The molecule has 0 saturated carbocycles. The van der Waals surface area contributed by atoms with Crippen LogP contribution in [0.2, 0.25) is 10.0 Å². The Balaban J connectivity index is 2.89. The Morgan fingerprint density at radius 2 is 1.88 bits per heavy atom.